The molecule has 0 radical (unpaired) electrons. The van der Waals surface area contributed by atoms with Crippen LogP contribution in [0.15, 0.2) is 0 Å². The number of carbonyl (C=O) groups is 1. The minimum Gasteiger partial charge on any atom is -0.358 e. The van der Waals surface area contributed by atoms with Crippen LogP contribution in [0.2, 0.25) is 0 Å². The van der Waals surface area contributed by atoms with E-state index in [1.54, 1.807) is 11.9 Å². The van der Waals surface area contributed by atoms with Crippen molar-refractivity contribution in [2.45, 2.75) is 6.42 Å². The maximum Gasteiger partial charge on any atom is 2.00 e. The SMILES string of the molecule is CNC(=O)N1C[CH-]CC1.[CH3-].[W+2]. The summed E-state index contributed by atoms with van der Waals surface area (Å²) in [4.78, 5) is 12.6. The number of amides is 2. The summed E-state index contributed by atoms with van der Waals surface area (Å²) in [6.45, 7) is 1.68. The van der Waals surface area contributed by atoms with Gasteiger partial charge in [0.2, 0.25) is 0 Å². The second-order valence-corrected chi connectivity index (χ2v) is 2.08. The fraction of sp³-hybridized carbons (Fsp3) is 0.571. The minimum atomic E-state index is 0. The van der Waals surface area contributed by atoms with Crippen molar-refractivity contribution < 1.29 is 25.9 Å². The molecule has 64 valence electrons. The molecular weight excluding hydrogens is 312 g/mol. The van der Waals surface area contributed by atoms with Crippen molar-refractivity contribution in [1.82, 2.24) is 10.2 Å². The summed E-state index contributed by atoms with van der Waals surface area (Å²) in [6.07, 6.45) is 3.14. The summed E-state index contributed by atoms with van der Waals surface area (Å²) in [5.41, 5.74) is 0. The predicted molar refractivity (Wildman–Crippen MR) is 41.4 cm³/mol. The van der Waals surface area contributed by atoms with Gasteiger partial charge in [0, 0.05) is 7.05 Å². The van der Waals surface area contributed by atoms with Gasteiger partial charge in [-0.25, -0.2) is 4.79 Å². The van der Waals surface area contributed by atoms with Crippen LogP contribution in [0.25, 0.3) is 0 Å². The van der Waals surface area contributed by atoms with Crippen LogP contribution in [-0.2, 0) is 21.1 Å². The van der Waals surface area contributed by atoms with Crippen LogP contribution in [0.5, 0.6) is 0 Å². The molecule has 0 atom stereocenters. The van der Waals surface area contributed by atoms with E-state index in [9.17, 15) is 4.79 Å². The predicted octanol–water partition coefficient (Wildman–Crippen LogP) is 0.684. The first-order valence-electron chi connectivity index (χ1n) is 3.13. The Kier molecular flexibility index (Phi) is 8.19. The van der Waals surface area contributed by atoms with E-state index in [4.69, 9.17) is 0 Å². The molecule has 0 spiro atoms. The molecule has 1 aliphatic rings. The molecular formula is C7H14N2OW. The van der Waals surface area contributed by atoms with Crippen molar-refractivity contribution in [2.75, 3.05) is 20.1 Å². The van der Waals surface area contributed by atoms with Gasteiger partial charge < -0.3 is 24.1 Å². The number of nitrogens with one attached hydrogen (secondary N) is 1. The molecule has 2 amide bonds. The van der Waals surface area contributed by atoms with E-state index in [1.165, 1.54) is 0 Å². The maximum absolute atomic E-state index is 10.8. The Hall–Kier alpha value is -0.0417. The maximum atomic E-state index is 10.8. The smallest absolute Gasteiger partial charge is 0.358 e. The van der Waals surface area contributed by atoms with E-state index in [0.717, 1.165) is 19.5 Å². The zero-order chi connectivity index (χ0) is 6.69. The molecule has 1 rings (SSSR count). The van der Waals surface area contributed by atoms with Crippen molar-refractivity contribution in [3.8, 4) is 0 Å². The van der Waals surface area contributed by atoms with Crippen molar-refractivity contribution in [3.05, 3.63) is 13.8 Å². The second-order valence-electron chi connectivity index (χ2n) is 2.08. The summed E-state index contributed by atoms with van der Waals surface area (Å²) in [5.74, 6) is 0. The fourth-order valence-corrected chi connectivity index (χ4v) is 0.928. The Morgan fingerprint density at radius 1 is 1.64 bits per heavy atom. The van der Waals surface area contributed by atoms with Crippen molar-refractivity contribution >= 4 is 6.03 Å². The first-order chi connectivity index (χ1) is 4.34. The monoisotopic (exact) mass is 326 g/mol. The standard InChI is InChI=1S/C6H11N2O.CH3.W/c1-7-6(9)8-4-2-3-5-8;;/h2H,3-5H2,1H3,(H,7,9);1H3;/q2*-1;+2. The number of likely N-dealkylation sites (tertiary alicyclic amines) is 1. The topological polar surface area (TPSA) is 32.3 Å². The number of hydrogen-bond acceptors (Lipinski definition) is 1. The van der Waals surface area contributed by atoms with Gasteiger partial charge in [0.05, 0.1) is 0 Å². The van der Waals surface area contributed by atoms with E-state index >= 15 is 0 Å². The van der Waals surface area contributed by atoms with E-state index in [1.807, 2.05) is 0 Å². The Balaban J connectivity index is 0. The molecule has 0 bridgehead atoms. The molecule has 11 heavy (non-hydrogen) atoms. The van der Waals surface area contributed by atoms with Gasteiger partial charge in [0.15, 0.2) is 0 Å². The molecule has 0 unspecified atom stereocenters. The zero-order valence-corrected chi connectivity index (χ0v) is 9.90. The zero-order valence-electron chi connectivity index (χ0n) is 6.96. The third-order valence-corrected chi connectivity index (χ3v) is 1.45. The van der Waals surface area contributed by atoms with Crippen molar-refractivity contribution in [1.29, 1.82) is 0 Å². The normalized spacial score (nSPS) is 14.8. The van der Waals surface area contributed by atoms with Crippen LogP contribution in [-0.4, -0.2) is 31.1 Å². The van der Waals surface area contributed by atoms with E-state index < -0.39 is 0 Å². The van der Waals surface area contributed by atoms with Gasteiger partial charge in [-0.05, 0) is 6.54 Å². The molecule has 0 aromatic rings. The molecule has 1 N–H and O–H groups in total. The van der Waals surface area contributed by atoms with Gasteiger partial charge >= 0.3 is 27.1 Å². The molecule has 1 aliphatic heterocycles. The average Bonchev–Trinajstić information content (AvgIpc) is 2.37. The molecule has 1 fully saturated rings. The fourth-order valence-electron chi connectivity index (χ4n) is 0.928. The molecule has 1 heterocycles. The van der Waals surface area contributed by atoms with E-state index in [2.05, 4.69) is 11.7 Å². The molecule has 0 aliphatic carbocycles. The van der Waals surface area contributed by atoms with Gasteiger partial charge in [-0.2, -0.15) is 6.42 Å². The van der Waals surface area contributed by atoms with Gasteiger partial charge in [-0.1, -0.05) is 0 Å². The first kappa shape index (κ1) is 13.5. The average molecular weight is 326 g/mol. The summed E-state index contributed by atoms with van der Waals surface area (Å²) in [7, 11) is 1.65. The van der Waals surface area contributed by atoms with E-state index in [0.29, 0.717) is 0 Å². The van der Waals surface area contributed by atoms with Crippen molar-refractivity contribution in [3.63, 3.8) is 0 Å². The number of carbonyl (C=O) groups excluding carboxylic acids is 1. The number of hydrogen-bond donors (Lipinski definition) is 1. The quantitative estimate of drug-likeness (QED) is 0.653. The molecule has 0 aromatic heterocycles. The molecule has 0 aromatic carbocycles. The van der Waals surface area contributed by atoms with Crippen LogP contribution >= 0.6 is 0 Å². The Bertz CT molecular complexity index is 113. The Labute approximate surface area is 82.8 Å². The van der Waals surface area contributed by atoms with Crippen LogP contribution < -0.4 is 5.32 Å². The molecule has 0 saturated carbocycles. The van der Waals surface area contributed by atoms with Gasteiger partial charge in [-0.15, -0.1) is 6.54 Å². The van der Waals surface area contributed by atoms with Gasteiger partial charge in [0.25, 0.3) is 0 Å². The van der Waals surface area contributed by atoms with Crippen LogP contribution in [0.1, 0.15) is 6.42 Å². The van der Waals surface area contributed by atoms with Crippen LogP contribution in [0.3, 0.4) is 0 Å². The number of rotatable bonds is 0. The largest absolute Gasteiger partial charge is 2.00 e. The summed E-state index contributed by atoms with van der Waals surface area (Å²) < 4.78 is 0. The van der Waals surface area contributed by atoms with Crippen molar-refractivity contribution in [2.24, 2.45) is 0 Å². The Morgan fingerprint density at radius 3 is 2.64 bits per heavy atom. The minimum absolute atomic E-state index is 0. The summed E-state index contributed by atoms with van der Waals surface area (Å²) in [6, 6.07) is 0.0313. The third kappa shape index (κ3) is 3.76. The number of nitrogens with zero attached hydrogens (tertiary/aromatic N) is 1. The molecule has 3 nitrogen and oxygen atoms in total. The third-order valence-electron chi connectivity index (χ3n) is 1.45. The van der Waals surface area contributed by atoms with Crippen LogP contribution in [0.4, 0.5) is 4.79 Å². The molecule has 4 heteroatoms. The Morgan fingerprint density at radius 2 is 2.27 bits per heavy atom. The van der Waals surface area contributed by atoms with Gasteiger partial charge in [-0.3, -0.25) is 0 Å². The summed E-state index contributed by atoms with van der Waals surface area (Å²) >= 11 is 0. The first-order valence-corrected chi connectivity index (χ1v) is 3.13. The van der Waals surface area contributed by atoms with Crippen LogP contribution in [0, 0.1) is 13.8 Å². The van der Waals surface area contributed by atoms with E-state index in [-0.39, 0.29) is 34.5 Å². The van der Waals surface area contributed by atoms with Gasteiger partial charge in [0.1, 0.15) is 0 Å². The second kappa shape index (κ2) is 6.66. The number of urea groups is 1. The molecule has 1 saturated heterocycles. The summed E-state index contributed by atoms with van der Waals surface area (Å²) in [5, 5.41) is 2.57.